The normalized spacial score (nSPS) is 12.4. The van der Waals surface area contributed by atoms with Crippen LogP contribution in [0.3, 0.4) is 0 Å². The second-order valence-corrected chi connectivity index (χ2v) is 6.72. The van der Waals surface area contributed by atoms with Crippen LogP contribution in [0.25, 0.3) is 11.3 Å². The molecule has 2 aromatic carbocycles. The predicted molar refractivity (Wildman–Crippen MR) is 94.6 cm³/mol. The van der Waals surface area contributed by atoms with Crippen molar-refractivity contribution in [3.63, 3.8) is 0 Å². The van der Waals surface area contributed by atoms with E-state index in [-0.39, 0.29) is 12.6 Å². The molecule has 0 N–H and O–H groups in total. The van der Waals surface area contributed by atoms with E-state index in [1.165, 1.54) is 17.8 Å². The van der Waals surface area contributed by atoms with Gasteiger partial charge in [-0.3, -0.25) is 0 Å². The number of nitrogens with zero attached hydrogens (tertiary/aromatic N) is 2. The number of halogens is 2. The molecule has 0 bridgehead atoms. The molecule has 0 spiro atoms. The first kappa shape index (κ1) is 16.2. The van der Waals surface area contributed by atoms with Crippen molar-refractivity contribution < 1.29 is 13.9 Å². The van der Waals surface area contributed by atoms with Crippen molar-refractivity contribution in [3.05, 3.63) is 64.9 Å². The lowest BCUT2D eigenvalue weighted by Crippen LogP contribution is -1.93. The number of thioether (sulfide) groups is 1. The van der Waals surface area contributed by atoms with Gasteiger partial charge in [0.15, 0.2) is 11.5 Å². The van der Waals surface area contributed by atoms with Crippen molar-refractivity contribution in [3.8, 4) is 22.8 Å². The Bertz CT molecular complexity index is 901. The molecule has 1 aliphatic heterocycles. The minimum absolute atomic E-state index is 0.235. The number of rotatable bonds is 4. The number of fused-ring (bicyclic) bond motifs is 1. The van der Waals surface area contributed by atoms with Crippen LogP contribution in [0.4, 0.5) is 4.39 Å². The molecule has 0 fully saturated rings. The third kappa shape index (κ3) is 3.41. The second kappa shape index (κ2) is 6.90. The summed E-state index contributed by atoms with van der Waals surface area (Å²) in [4.78, 5) is 0. The van der Waals surface area contributed by atoms with Crippen molar-refractivity contribution in [2.75, 3.05) is 6.79 Å². The average Bonchev–Trinajstić information content (AvgIpc) is 3.09. The Balaban J connectivity index is 1.49. The van der Waals surface area contributed by atoms with Gasteiger partial charge in [0.2, 0.25) is 6.79 Å². The van der Waals surface area contributed by atoms with Crippen LogP contribution in [0.1, 0.15) is 5.56 Å². The molecule has 0 amide bonds. The van der Waals surface area contributed by atoms with Gasteiger partial charge in [-0.2, -0.15) is 0 Å². The van der Waals surface area contributed by atoms with E-state index in [0.29, 0.717) is 27.1 Å². The monoisotopic (exact) mass is 374 g/mol. The molecule has 1 aliphatic rings. The fourth-order valence-electron chi connectivity index (χ4n) is 2.42. The number of hydrogen-bond acceptors (Lipinski definition) is 5. The smallest absolute Gasteiger partial charge is 0.231 e. The average molecular weight is 375 g/mol. The molecule has 0 aliphatic carbocycles. The molecule has 126 valence electrons. The van der Waals surface area contributed by atoms with E-state index < -0.39 is 0 Å². The van der Waals surface area contributed by atoms with Crippen LogP contribution in [-0.4, -0.2) is 17.0 Å². The Morgan fingerprint density at radius 1 is 1.04 bits per heavy atom. The lowest BCUT2D eigenvalue weighted by Gasteiger charge is -2.06. The Morgan fingerprint density at radius 2 is 1.92 bits per heavy atom. The first-order valence-electron chi connectivity index (χ1n) is 7.50. The van der Waals surface area contributed by atoms with E-state index in [2.05, 4.69) is 10.2 Å². The van der Waals surface area contributed by atoms with Gasteiger partial charge in [-0.15, -0.1) is 10.2 Å². The Labute approximate surface area is 152 Å². The molecule has 4 rings (SSSR count). The number of hydrogen-bond donors (Lipinski definition) is 0. The first-order chi connectivity index (χ1) is 12.2. The van der Waals surface area contributed by atoms with E-state index in [9.17, 15) is 4.39 Å². The Morgan fingerprint density at radius 3 is 2.72 bits per heavy atom. The molecule has 0 atom stereocenters. The molecule has 0 radical (unpaired) electrons. The lowest BCUT2D eigenvalue weighted by atomic mass is 10.1. The summed E-state index contributed by atoms with van der Waals surface area (Å²) in [5.41, 5.74) is 2.09. The number of ether oxygens (including phenoxy) is 2. The molecule has 7 heteroatoms. The second-order valence-electron chi connectivity index (χ2n) is 5.31. The van der Waals surface area contributed by atoms with Gasteiger partial charge in [-0.1, -0.05) is 29.4 Å². The SMILES string of the molecule is Fc1cccc(Cl)c1CSc1ccc(-c2ccc3c(c2)OCO3)nn1. The fourth-order valence-corrected chi connectivity index (χ4v) is 3.58. The zero-order valence-electron chi connectivity index (χ0n) is 12.9. The van der Waals surface area contributed by atoms with E-state index in [1.54, 1.807) is 12.1 Å². The van der Waals surface area contributed by atoms with Crippen LogP contribution < -0.4 is 9.47 Å². The summed E-state index contributed by atoms with van der Waals surface area (Å²) >= 11 is 7.42. The van der Waals surface area contributed by atoms with Crippen LogP contribution in [0.15, 0.2) is 53.6 Å². The topological polar surface area (TPSA) is 44.2 Å². The molecule has 1 aromatic heterocycles. The number of aromatic nitrogens is 2. The maximum Gasteiger partial charge on any atom is 0.231 e. The van der Waals surface area contributed by atoms with Crippen molar-refractivity contribution in [1.29, 1.82) is 0 Å². The summed E-state index contributed by atoms with van der Waals surface area (Å²) in [7, 11) is 0. The third-order valence-corrected chi connectivity index (χ3v) is 5.04. The molecular formula is C18H12ClFN2O2S. The van der Waals surface area contributed by atoms with Crippen molar-refractivity contribution in [2.45, 2.75) is 10.8 Å². The largest absolute Gasteiger partial charge is 0.454 e. The quantitative estimate of drug-likeness (QED) is 0.604. The van der Waals surface area contributed by atoms with Gasteiger partial charge in [0.1, 0.15) is 10.8 Å². The summed E-state index contributed by atoms with van der Waals surface area (Å²) in [5.74, 6) is 1.51. The van der Waals surface area contributed by atoms with E-state index in [1.807, 2.05) is 30.3 Å². The lowest BCUT2D eigenvalue weighted by molar-refractivity contribution is 0.174. The summed E-state index contributed by atoms with van der Waals surface area (Å²) in [6, 6.07) is 14.0. The third-order valence-electron chi connectivity index (χ3n) is 3.73. The van der Waals surface area contributed by atoms with Crippen LogP contribution >= 0.6 is 23.4 Å². The maximum atomic E-state index is 13.8. The predicted octanol–water partition coefficient (Wildman–Crippen LogP) is 4.96. The van der Waals surface area contributed by atoms with Gasteiger partial charge in [0, 0.05) is 21.9 Å². The summed E-state index contributed by atoms with van der Waals surface area (Å²) < 4.78 is 24.5. The molecule has 25 heavy (non-hydrogen) atoms. The van der Waals surface area contributed by atoms with Gasteiger partial charge >= 0.3 is 0 Å². The first-order valence-corrected chi connectivity index (χ1v) is 8.86. The zero-order chi connectivity index (χ0) is 17.2. The summed E-state index contributed by atoms with van der Waals surface area (Å²) in [6.45, 7) is 0.235. The van der Waals surface area contributed by atoms with Crippen LogP contribution in [-0.2, 0) is 5.75 Å². The highest BCUT2D eigenvalue weighted by Gasteiger charge is 2.14. The van der Waals surface area contributed by atoms with Crippen molar-refractivity contribution >= 4 is 23.4 Å². The fraction of sp³-hybridized carbons (Fsp3) is 0.111. The van der Waals surface area contributed by atoms with E-state index in [0.717, 1.165) is 17.0 Å². The van der Waals surface area contributed by atoms with Crippen LogP contribution in [0, 0.1) is 5.82 Å². The highest BCUT2D eigenvalue weighted by Crippen LogP contribution is 2.35. The van der Waals surface area contributed by atoms with Crippen molar-refractivity contribution in [1.82, 2.24) is 10.2 Å². The standard InChI is InChI=1S/C18H12ClFN2O2S/c19-13-2-1-3-14(20)12(13)9-25-18-7-5-15(21-22-18)11-4-6-16-17(8-11)24-10-23-16/h1-8H,9-10H2. The molecule has 4 nitrogen and oxygen atoms in total. The minimum atomic E-state index is -0.315. The van der Waals surface area contributed by atoms with Gasteiger partial charge in [-0.05, 0) is 42.5 Å². The van der Waals surface area contributed by atoms with Crippen LogP contribution in [0.2, 0.25) is 5.02 Å². The molecular weight excluding hydrogens is 363 g/mol. The zero-order valence-corrected chi connectivity index (χ0v) is 14.5. The summed E-state index contributed by atoms with van der Waals surface area (Å²) in [6.07, 6.45) is 0. The molecule has 0 unspecified atom stereocenters. The molecule has 2 heterocycles. The van der Waals surface area contributed by atoms with E-state index in [4.69, 9.17) is 21.1 Å². The number of benzene rings is 2. The molecule has 0 saturated carbocycles. The highest BCUT2D eigenvalue weighted by atomic mass is 35.5. The summed E-state index contributed by atoms with van der Waals surface area (Å²) in [5, 5.41) is 9.55. The molecule has 3 aromatic rings. The Kier molecular flexibility index (Phi) is 4.46. The minimum Gasteiger partial charge on any atom is -0.454 e. The van der Waals surface area contributed by atoms with Crippen molar-refractivity contribution in [2.24, 2.45) is 0 Å². The molecule has 0 saturated heterocycles. The van der Waals surface area contributed by atoms with Gasteiger partial charge in [-0.25, -0.2) is 4.39 Å². The highest BCUT2D eigenvalue weighted by molar-refractivity contribution is 7.98. The van der Waals surface area contributed by atoms with E-state index >= 15 is 0 Å². The van der Waals surface area contributed by atoms with Crippen LogP contribution in [0.5, 0.6) is 11.5 Å². The Hall–Kier alpha value is -2.31. The van der Waals surface area contributed by atoms with Gasteiger partial charge in [0.25, 0.3) is 0 Å². The van der Waals surface area contributed by atoms with Gasteiger partial charge in [0.05, 0.1) is 5.69 Å². The van der Waals surface area contributed by atoms with Gasteiger partial charge < -0.3 is 9.47 Å². The maximum absolute atomic E-state index is 13.8.